The number of hydrogen-bond donors (Lipinski definition) is 1. The van der Waals surface area contributed by atoms with Gasteiger partial charge in [-0.05, 0) is 43.2 Å². The summed E-state index contributed by atoms with van der Waals surface area (Å²) in [5.74, 6) is 2.54. The number of rotatable bonds is 4. The maximum absolute atomic E-state index is 5.63. The van der Waals surface area contributed by atoms with E-state index in [9.17, 15) is 0 Å². The molecule has 0 radical (unpaired) electrons. The molecule has 1 N–H and O–H groups in total. The minimum Gasteiger partial charge on any atom is -0.486 e. The van der Waals surface area contributed by atoms with E-state index < -0.39 is 0 Å². The summed E-state index contributed by atoms with van der Waals surface area (Å²) in [6.45, 7) is 4.10. The second-order valence-electron chi connectivity index (χ2n) is 5.90. The van der Waals surface area contributed by atoms with Gasteiger partial charge in [0.1, 0.15) is 25.4 Å². The van der Waals surface area contributed by atoms with E-state index in [1.165, 1.54) is 11.1 Å². The van der Waals surface area contributed by atoms with Gasteiger partial charge < -0.3 is 14.8 Å². The standard InChI is InChI=1S/C19H19N3O2/c1-13-2-4-16-15(10-13)19(22-12-21-16)20-7-6-14-3-5-17-18(11-14)24-9-8-23-17/h2-5,10-12H,6-9H2,1H3,(H,20,21,22). The quantitative estimate of drug-likeness (QED) is 0.798. The molecule has 0 saturated heterocycles. The van der Waals surface area contributed by atoms with Crippen molar-refractivity contribution in [1.29, 1.82) is 0 Å². The highest BCUT2D eigenvalue weighted by Gasteiger charge is 2.11. The lowest BCUT2D eigenvalue weighted by Gasteiger charge is -2.19. The van der Waals surface area contributed by atoms with Crippen LogP contribution in [0.15, 0.2) is 42.7 Å². The summed E-state index contributed by atoms with van der Waals surface area (Å²) >= 11 is 0. The van der Waals surface area contributed by atoms with Crippen molar-refractivity contribution in [2.45, 2.75) is 13.3 Å². The summed E-state index contributed by atoms with van der Waals surface area (Å²) in [5, 5.41) is 4.48. The highest BCUT2D eigenvalue weighted by molar-refractivity contribution is 5.89. The predicted molar refractivity (Wildman–Crippen MR) is 93.9 cm³/mol. The number of aromatic nitrogens is 2. The fraction of sp³-hybridized carbons (Fsp3) is 0.263. The average molecular weight is 321 g/mol. The second kappa shape index (κ2) is 6.35. The largest absolute Gasteiger partial charge is 0.486 e. The molecule has 3 aromatic rings. The van der Waals surface area contributed by atoms with Gasteiger partial charge >= 0.3 is 0 Å². The Morgan fingerprint density at radius 3 is 2.79 bits per heavy atom. The van der Waals surface area contributed by atoms with Crippen LogP contribution in [0.5, 0.6) is 11.5 Å². The third kappa shape index (κ3) is 2.97. The van der Waals surface area contributed by atoms with Crippen molar-refractivity contribution in [3.8, 4) is 11.5 Å². The Balaban J connectivity index is 1.47. The molecule has 0 aliphatic carbocycles. The zero-order valence-electron chi connectivity index (χ0n) is 13.6. The van der Waals surface area contributed by atoms with Crippen LogP contribution in [0.25, 0.3) is 10.9 Å². The summed E-state index contributed by atoms with van der Waals surface area (Å²) in [7, 11) is 0. The number of nitrogens with one attached hydrogen (secondary N) is 1. The van der Waals surface area contributed by atoms with E-state index in [4.69, 9.17) is 9.47 Å². The molecule has 24 heavy (non-hydrogen) atoms. The van der Waals surface area contributed by atoms with Crippen molar-refractivity contribution >= 4 is 16.7 Å². The highest BCUT2D eigenvalue weighted by atomic mass is 16.6. The van der Waals surface area contributed by atoms with Crippen molar-refractivity contribution < 1.29 is 9.47 Å². The zero-order valence-corrected chi connectivity index (χ0v) is 13.6. The third-order valence-electron chi connectivity index (χ3n) is 4.10. The van der Waals surface area contributed by atoms with Crippen LogP contribution in [0.2, 0.25) is 0 Å². The number of benzene rings is 2. The van der Waals surface area contributed by atoms with Crippen LogP contribution >= 0.6 is 0 Å². The lowest BCUT2D eigenvalue weighted by molar-refractivity contribution is 0.171. The molecule has 122 valence electrons. The maximum atomic E-state index is 5.63. The molecule has 1 aliphatic heterocycles. The third-order valence-corrected chi connectivity index (χ3v) is 4.10. The molecule has 0 unspecified atom stereocenters. The molecule has 1 aliphatic rings. The Morgan fingerprint density at radius 2 is 1.88 bits per heavy atom. The first-order valence-electron chi connectivity index (χ1n) is 8.13. The number of hydrogen-bond acceptors (Lipinski definition) is 5. The van der Waals surface area contributed by atoms with Crippen LogP contribution in [-0.2, 0) is 6.42 Å². The smallest absolute Gasteiger partial charge is 0.161 e. The molecule has 4 rings (SSSR count). The normalized spacial score (nSPS) is 13.0. The van der Waals surface area contributed by atoms with E-state index >= 15 is 0 Å². The topological polar surface area (TPSA) is 56.3 Å². The molecule has 5 heteroatoms. The highest BCUT2D eigenvalue weighted by Crippen LogP contribution is 2.30. The van der Waals surface area contributed by atoms with Crippen molar-refractivity contribution in [3.05, 3.63) is 53.9 Å². The molecule has 0 spiro atoms. The number of ether oxygens (including phenoxy) is 2. The van der Waals surface area contributed by atoms with E-state index in [0.29, 0.717) is 13.2 Å². The molecule has 5 nitrogen and oxygen atoms in total. The van der Waals surface area contributed by atoms with Gasteiger partial charge in [-0.15, -0.1) is 0 Å². The minimum absolute atomic E-state index is 0.612. The Labute approximate surface area is 140 Å². The number of aryl methyl sites for hydroxylation is 1. The molecule has 2 heterocycles. The molecule has 0 saturated carbocycles. The van der Waals surface area contributed by atoms with E-state index in [-0.39, 0.29) is 0 Å². The summed E-state index contributed by atoms with van der Waals surface area (Å²) in [6, 6.07) is 12.3. The van der Waals surface area contributed by atoms with Crippen LogP contribution < -0.4 is 14.8 Å². The summed E-state index contributed by atoms with van der Waals surface area (Å²) < 4.78 is 11.2. The second-order valence-corrected chi connectivity index (χ2v) is 5.90. The summed E-state index contributed by atoms with van der Waals surface area (Å²) in [5.41, 5.74) is 3.37. The first-order valence-corrected chi connectivity index (χ1v) is 8.13. The molecule has 1 aromatic heterocycles. The number of fused-ring (bicyclic) bond motifs is 2. The Bertz CT molecular complexity index is 880. The predicted octanol–water partition coefficient (Wildman–Crippen LogP) is 3.36. The molecular weight excluding hydrogens is 302 g/mol. The van der Waals surface area contributed by atoms with E-state index in [1.54, 1.807) is 6.33 Å². The number of nitrogens with zero attached hydrogens (tertiary/aromatic N) is 2. The maximum Gasteiger partial charge on any atom is 0.161 e. The van der Waals surface area contributed by atoms with Gasteiger partial charge in [0, 0.05) is 11.9 Å². The fourth-order valence-corrected chi connectivity index (χ4v) is 2.88. The lowest BCUT2D eigenvalue weighted by atomic mass is 10.1. The van der Waals surface area contributed by atoms with Gasteiger partial charge in [-0.25, -0.2) is 9.97 Å². The van der Waals surface area contributed by atoms with Crippen molar-refractivity contribution in [2.75, 3.05) is 25.1 Å². The van der Waals surface area contributed by atoms with Crippen LogP contribution in [-0.4, -0.2) is 29.7 Å². The van der Waals surface area contributed by atoms with Crippen LogP contribution in [0.4, 0.5) is 5.82 Å². The van der Waals surface area contributed by atoms with Crippen molar-refractivity contribution in [1.82, 2.24) is 9.97 Å². The van der Waals surface area contributed by atoms with Gasteiger partial charge in [-0.2, -0.15) is 0 Å². The van der Waals surface area contributed by atoms with E-state index in [2.05, 4.69) is 46.5 Å². The first kappa shape index (κ1) is 14.8. The molecule has 0 amide bonds. The fourth-order valence-electron chi connectivity index (χ4n) is 2.88. The molecule has 0 atom stereocenters. The molecule has 0 fully saturated rings. The van der Waals surface area contributed by atoms with Crippen molar-refractivity contribution in [2.24, 2.45) is 0 Å². The van der Waals surface area contributed by atoms with Gasteiger partial charge in [-0.1, -0.05) is 17.7 Å². The monoisotopic (exact) mass is 321 g/mol. The Kier molecular flexibility index (Phi) is 3.91. The van der Waals surface area contributed by atoms with E-state index in [0.717, 1.165) is 41.2 Å². The van der Waals surface area contributed by atoms with Gasteiger partial charge in [0.15, 0.2) is 11.5 Å². The lowest BCUT2D eigenvalue weighted by Crippen LogP contribution is -2.15. The number of anilines is 1. The average Bonchev–Trinajstić information content (AvgIpc) is 2.62. The Hall–Kier alpha value is -2.82. The first-order chi connectivity index (χ1) is 11.8. The molecule has 0 bridgehead atoms. The SMILES string of the molecule is Cc1ccc2ncnc(NCCc3ccc4c(c3)OCCO4)c2c1. The van der Waals surface area contributed by atoms with Crippen molar-refractivity contribution in [3.63, 3.8) is 0 Å². The Morgan fingerprint density at radius 1 is 1.00 bits per heavy atom. The zero-order chi connectivity index (χ0) is 16.4. The summed E-state index contributed by atoms with van der Waals surface area (Å²) in [6.07, 6.45) is 2.48. The van der Waals surface area contributed by atoms with Crippen LogP contribution in [0.3, 0.4) is 0 Å². The van der Waals surface area contributed by atoms with Gasteiger partial charge in [0.05, 0.1) is 5.52 Å². The van der Waals surface area contributed by atoms with Crippen LogP contribution in [0, 0.1) is 6.92 Å². The minimum atomic E-state index is 0.612. The molecule has 2 aromatic carbocycles. The van der Waals surface area contributed by atoms with Gasteiger partial charge in [0.2, 0.25) is 0 Å². The van der Waals surface area contributed by atoms with Crippen LogP contribution in [0.1, 0.15) is 11.1 Å². The van der Waals surface area contributed by atoms with Gasteiger partial charge in [0.25, 0.3) is 0 Å². The molecular formula is C19H19N3O2. The summed E-state index contributed by atoms with van der Waals surface area (Å²) in [4.78, 5) is 8.70. The van der Waals surface area contributed by atoms with Gasteiger partial charge in [-0.3, -0.25) is 0 Å². The van der Waals surface area contributed by atoms with E-state index in [1.807, 2.05) is 12.1 Å².